The fourth-order valence-corrected chi connectivity index (χ4v) is 2.16. The minimum absolute atomic E-state index is 0.0290. The van der Waals surface area contributed by atoms with E-state index >= 15 is 0 Å². The Morgan fingerprint density at radius 3 is 2.63 bits per heavy atom. The van der Waals surface area contributed by atoms with Gasteiger partial charge >= 0.3 is 0 Å². The summed E-state index contributed by atoms with van der Waals surface area (Å²) in [7, 11) is 0. The number of halogens is 1. The fourth-order valence-electron chi connectivity index (χ4n) is 1.99. The number of fused-ring (bicyclic) bond motifs is 1. The Morgan fingerprint density at radius 2 is 1.84 bits per heavy atom. The zero-order valence-corrected chi connectivity index (χ0v) is 12.2. The summed E-state index contributed by atoms with van der Waals surface area (Å²) >= 11 is 6.27. The van der Waals surface area contributed by atoms with Gasteiger partial charge in [0.05, 0.1) is 12.6 Å². The molecule has 102 valence electrons. The molecule has 2 aromatic rings. The van der Waals surface area contributed by atoms with E-state index in [4.69, 9.17) is 16.3 Å². The lowest BCUT2D eigenvalue weighted by atomic mass is 10.1. The topological polar surface area (TPSA) is 25.8 Å². The summed E-state index contributed by atoms with van der Waals surface area (Å²) < 4.78 is 5.86. The second-order valence-electron chi connectivity index (χ2n) is 5.10. The molecule has 0 amide bonds. The molecule has 1 atom stereocenters. The molecule has 0 spiro atoms. The van der Waals surface area contributed by atoms with Crippen LogP contribution in [0.3, 0.4) is 0 Å². The van der Waals surface area contributed by atoms with Gasteiger partial charge in [0.25, 0.3) is 0 Å². The van der Waals surface area contributed by atoms with E-state index in [0.717, 1.165) is 17.7 Å². The van der Waals surface area contributed by atoms with Crippen LogP contribution in [0, 0.1) is 0 Å². The van der Waals surface area contributed by atoms with Crippen molar-refractivity contribution in [1.82, 2.24) is 0 Å². The number of quaternary nitrogens is 1. The number of hydrogen-bond acceptors (Lipinski definition) is 1. The van der Waals surface area contributed by atoms with Gasteiger partial charge in [-0.25, -0.2) is 0 Å². The zero-order chi connectivity index (χ0) is 13.7. The van der Waals surface area contributed by atoms with Crippen molar-refractivity contribution in [3.8, 4) is 5.75 Å². The lowest BCUT2D eigenvalue weighted by Crippen LogP contribution is -2.90. The summed E-state index contributed by atoms with van der Waals surface area (Å²) in [6.07, 6.45) is 0. The van der Waals surface area contributed by atoms with E-state index in [1.807, 2.05) is 24.3 Å². The van der Waals surface area contributed by atoms with Gasteiger partial charge in [0.15, 0.2) is 0 Å². The normalized spacial score (nSPS) is 12.8. The molecule has 0 aromatic heterocycles. The van der Waals surface area contributed by atoms with Gasteiger partial charge in [0.1, 0.15) is 17.7 Å². The van der Waals surface area contributed by atoms with Crippen molar-refractivity contribution in [2.45, 2.75) is 25.3 Å². The average Bonchev–Trinajstić information content (AvgIpc) is 2.42. The maximum Gasteiger partial charge on any atom is 0.127 e. The van der Waals surface area contributed by atoms with E-state index in [0.29, 0.717) is 12.6 Å². The van der Waals surface area contributed by atoms with Crippen LogP contribution in [-0.4, -0.2) is 24.6 Å². The maximum atomic E-state index is 6.27. The van der Waals surface area contributed by atoms with Crippen LogP contribution in [0.25, 0.3) is 10.8 Å². The number of benzene rings is 2. The summed E-state index contributed by atoms with van der Waals surface area (Å²) in [5, 5.41) is 4.59. The van der Waals surface area contributed by atoms with Crippen molar-refractivity contribution in [3.05, 3.63) is 42.5 Å². The summed E-state index contributed by atoms with van der Waals surface area (Å²) in [4.78, 5) is 0. The first-order valence-electron chi connectivity index (χ1n) is 6.75. The van der Waals surface area contributed by atoms with Crippen LogP contribution in [0.5, 0.6) is 5.75 Å². The molecule has 3 heteroatoms. The smallest absolute Gasteiger partial charge is 0.127 e. The number of ether oxygens (including phenoxy) is 1. The molecule has 0 saturated carbocycles. The molecule has 19 heavy (non-hydrogen) atoms. The van der Waals surface area contributed by atoms with Gasteiger partial charge in [-0.1, -0.05) is 36.4 Å². The van der Waals surface area contributed by atoms with Crippen molar-refractivity contribution < 1.29 is 10.1 Å². The minimum atomic E-state index is 0.0290. The Kier molecular flexibility index (Phi) is 5.06. The predicted octanol–water partition coefficient (Wildman–Crippen LogP) is 2.80. The molecule has 2 rings (SSSR count). The number of alkyl halides is 1. The summed E-state index contributed by atoms with van der Waals surface area (Å²) in [5.74, 6) is 0.910. The second-order valence-corrected chi connectivity index (χ2v) is 5.72. The first-order valence-corrected chi connectivity index (χ1v) is 7.18. The van der Waals surface area contributed by atoms with Crippen LogP contribution >= 0.6 is 11.6 Å². The Morgan fingerprint density at radius 1 is 1.11 bits per heavy atom. The quantitative estimate of drug-likeness (QED) is 0.808. The predicted molar refractivity (Wildman–Crippen MR) is 81.0 cm³/mol. The van der Waals surface area contributed by atoms with E-state index in [2.05, 4.69) is 37.4 Å². The van der Waals surface area contributed by atoms with Gasteiger partial charge in [0.2, 0.25) is 0 Å². The van der Waals surface area contributed by atoms with Gasteiger partial charge in [-0.05, 0) is 25.3 Å². The van der Waals surface area contributed by atoms with E-state index in [-0.39, 0.29) is 5.38 Å². The molecular weight excluding hydrogens is 258 g/mol. The van der Waals surface area contributed by atoms with E-state index in [1.165, 1.54) is 5.39 Å². The molecule has 2 aromatic carbocycles. The standard InChI is InChI=1S/C16H20ClNO/c1-12(2)18-10-14(17)11-19-16-9-5-7-13-6-3-4-8-15(13)16/h3-9,12,14,18H,10-11H2,1-2H3/p+1/t14-/m0/s1. The third-order valence-corrected chi connectivity index (χ3v) is 3.34. The van der Waals surface area contributed by atoms with Crippen molar-refractivity contribution in [3.63, 3.8) is 0 Å². The molecular formula is C16H21ClNO+. The Labute approximate surface area is 119 Å². The third kappa shape index (κ3) is 4.12. The molecule has 2 nitrogen and oxygen atoms in total. The molecule has 0 bridgehead atoms. The molecule has 0 saturated heterocycles. The molecule has 0 unspecified atom stereocenters. The van der Waals surface area contributed by atoms with Gasteiger partial charge in [0, 0.05) is 5.39 Å². The van der Waals surface area contributed by atoms with Crippen LogP contribution in [0.4, 0.5) is 0 Å². The highest BCUT2D eigenvalue weighted by Crippen LogP contribution is 2.25. The first kappa shape index (κ1) is 14.2. The van der Waals surface area contributed by atoms with E-state index in [1.54, 1.807) is 0 Å². The second kappa shape index (κ2) is 6.78. The lowest BCUT2D eigenvalue weighted by Gasteiger charge is -2.13. The van der Waals surface area contributed by atoms with Gasteiger partial charge < -0.3 is 10.1 Å². The van der Waals surface area contributed by atoms with Gasteiger partial charge in [-0.2, -0.15) is 0 Å². The molecule has 0 aliphatic rings. The first-order chi connectivity index (χ1) is 9.16. The Balaban J connectivity index is 1.98. The summed E-state index contributed by atoms with van der Waals surface area (Å²) in [6.45, 7) is 5.74. The molecule has 2 N–H and O–H groups in total. The molecule has 0 radical (unpaired) electrons. The van der Waals surface area contributed by atoms with Crippen molar-refractivity contribution in [1.29, 1.82) is 0 Å². The Bertz CT molecular complexity index is 522. The SMILES string of the molecule is CC(C)[NH2+]C[C@H](Cl)COc1cccc2ccccc12. The van der Waals surface area contributed by atoms with E-state index < -0.39 is 0 Å². The highest BCUT2D eigenvalue weighted by atomic mass is 35.5. The number of nitrogens with two attached hydrogens (primary N) is 1. The average molecular weight is 279 g/mol. The van der Waals surface area contributed by atoms with Crippen molar-refractivity contribution >= 4 is 22.4 Å². The minimum Gasteiger partial charge on any atom is -0.491 e. The third-order valence-electron chi connectivity index (χ3n) is 3.03. The molecule has 0 aliphatic heterocycles. The highest BCUT2D eigenvalue weighted by Gasteiger charge is 2.10. The van der Waals surface area contributed by atoms with Crippen LogP contribution in [0.2, 0.25) is 0 Å². The van der Waals surface area contributed by atoms with Crippen LogP contribution < -0.4 is 10.1 Å². The van der Waals surface area contributed by atoms with Crippen molar-refractivity contribution in [2.75, 3.05) is 13.2 Å². The molecule has 0 aliphatic carbocycles. The number of rotatable bonds is 6. The summed E-state index contributed by atoms with van der Waals surface area (Å²) in [5.41, 5.74) is 0. The van der Waals surface area contributed by atoms with Crippen molar-refractivity contribution in [2.24, 2.45) is 0 Å². The molecule has 0 heterocycles. The van der Waals surface area contributed by atoms with Crippen LogP contribution in [-0.2, 0) is 0 Å². The highest BCUT2D eigenvalue weighted by molar-refractivity contribution is 6.20. The maximum absolute atomic E-state index is 6.27. The molecule has 0 fully saturated rings. The largest absolute Gasteiger partial charge is 0.491 e. The van der Waals surface area contributed by atoms with Crippen LogP contribution in [0.1, 0.15) is 13.8 Å². The Hall–Kier alpha value is -1.25. The van der Waals surface area contributed by atoms with Crippen LogP contribution in [0.15, 0.2) is 42.5 Å². The zero-order valence-electron chi connectivity index (χ0n) is 11.5. The van der Waals surface area contributed by atoms with Gasteiger partial charge in [-0.3, -0.25) is 0 Å². The number of hydrogen-bond donors (Lipinski definition) is 1. The monoisotopic (exact) mass is 278 g/mol. The van der Waals surface area contributed by atoms with E-state index in [9.17, 15) is 0 Å². The van der Waals surface area contributed by atoms with Gasteiger partial charge in [-0.15, -0.1) is 11.6 Å². The summed E-state index contributed by atoms with van der Waals surface area (Å²) in [6, 6.07) is 14.9. The fraction of sp³-hybridized carbons (Fsp3) is 0.375. The lowest BCUT2D eigenvalue weighted by molar-refractivity contribution is -0.682.